The summed E-state index contributed by atoms with van der Waals surface area (Å²) in [5.74, 6) is -1.27. The largest absolute Gasteiger partial charge is 0.331 e. The lowest BCUT2D eigenvalue weighted by atomic mass is 10.1. The fraction of sp³-hybridized carbons (Fsp3) is 0.500. The molecule has 15 heavy (non-hydrogen) atoms. The smallest absolute Gasteiger partial charge is 0.287 e. The molecule has 0 aromatic rings. The van der Waals surface area contributed by atoms with E-state index in [1.807, 2.05) is 0 Å². The Morgan fingerprint density at radius 2 is 1.93 bits per heavy atom. The van der Waals surface area contributed by atoms with Gasteiger partial charge in [0.05, 0.1) is 4.20 Å². The van der Waals surface area contributed by atoms with E-state index in [-0.39, 0.29) is 5.84 Å². The molecule has 0 radical (unpaired) electrons. The molecule has 1 N–H and O–H groups in total. The molecular weight excluding hydrogens is 234 g/mol. The molecule has 1 aliphatic heterocycles. The molecule has 1 rings (SSSR count). The van der Waals surface area contributed by atoms with Crippen molar-refractivity contribution in [2.24, 2.45) is 5.92 Å². The SMILES string of the molecule is CSC(=S)C1C(=N)N(C)C(=O)N(C)C1=O. The van der Waals surface area contributed by atoms with Gasteiger partial charge in [-0.3, -0.25) is 20.0 Å². The highest BCUT2D eigenvalue weighted by atomic mass is 32.2. The maximum Gasteiger partial charge on any atom is 0.331 e. The van der Waals surface area contributed by atoms with Crippen molar-refractivity contribution < 1.29 is 9.59 Å². The molecule has 82 valence electrons. The summed E-state index contributed by atoms with van der Waals surface area (Å²) in [4.78, 5) is 25.3. The lowest BCUT2D eigenvalue weighted by molar-refractivity contribution is -0.128. The Kier molecular flexibility index (Phi) is 3.46. The molecule has 1 saturated heterocycles. The van der Waals surface area contributed by atoms with Gasteiger partial charge in [0.1, 0.15) is 11.8 Å². The number of hydrogen-bond acceptors (Lipinski definition) is 5. The Labute approximate surface area is 97.3 Å². The number of hydrogen-bond donors (Lipinski definition) is 1. The van der Waals surface area contributed by atoms with Gasteiger partial charge in [-0.1, -0.05) is 12.2 Å². The third kappa shape index (κ3) is 1.89. The third-order valence-corrected chi connectivity index (χ3v) is 3.60. The predicted molar refractivity (Wildman–Crippen MR) is 63.3 cm³/mol. The van der Waals surface area contributed by atoms with Crippen molar-refractivity contribution in [2.45, 2.75) is 0 Å². The van der Waals surface area contributed by atoms with Crippen LogP contribution in [0.3, 0.4) is 0 Å². The van der Waals surface area contributed by atoms with E-state index < -0.39 is 17.9 Å². The standard InChI is InChI=1S/C8H11N3O2S2/c1-10-5(9)4(7(14)15-3)6(12)11(2)8(10)13/h4,9H,1-3H3. The first-order valence-corrected chi connectivity index (χ1v) is 5.76. The topological polar surface area (TPSA) is 64.5 Å². The summed E-state index contributed by atoms with van der Waals surface area (Å²) in [6.07, 6.45) is 1.75. The van der Waals surface area contributed by atoms with Gasteiger partial charge in [0.15, 0.2) is 0 Å². The van der Waals surface area contributed by atoms with Gasteiger partial charge in [-0.2, -0.15) is 0 Å². The monoisotopic (exact) mass is 245 g/mol. The number of imide groups is 1. The fourth-order valence-electron chi connectivity index (χ4n) is 1.26. The maximum atomic E-state index is 11.7. The fourth-order valence-corrected chi connectivity index (χ4v) is 1.92. The van der Waals surface area contributed by atoms with Gasteiger partial charge < -0.3 is 0 Å². The summed E-state index contributed by atoms with van der Waals surface area (Å²) in [6.45, 7) is 0. The van der Waals surface area contributed by atoms with E-state index in [1.165, 1.54) is 25.9 Å². The molecule has 5 nitrogen and oxygen atoms in total. The van der Waals surface area contributed by atoms with Crippen molar-refractivity contribution in [3.63, 3.8) is 0 Å². The number of nitrogens with zero attached hydrogens (tertiary/aromatic N) is 2. The minimum absolute atomic E-state index is 0.0533. The highest BCUT2D eigenvalue weighted by Gasteiger charge is 2.41. The van der Waals surface area contributed by atoms with E-state index in [4.69, 9.17) is 17.6 Å². The van der Waals surface area contributed by atoms with Crippen molar-refractivity contribution in [3.05, 3.63) is 0 Å². The molecule has 0 spiro atoms. The third-order valence-electron chi connectivity index (χ3n) is 2.22. The van der Waals surface area contributed by atoms with E-state index in [9.17, 15) is 9.59 Å². The molecule has 0 bridgehead atoms. The van der Waals surface area contributed by atoms with Crippen LogP contribution in [0.25, 0.3) is 0 Å². The molecule has 7 heteroatoms. The lowest BCUT2D eigenvalue weighted by Crippen LogP contribution is -2.58. The van der Waals surface area contributed by atoms with Crippen LogP contribution < -0.4 is 0 Å². The summed E-state index contributed by atoms with van der Waals surface area (Å²) in [7, 11) is 2.85. The molecule has 0 aliphatic carbocycles. The van der Waals surface area contributed by atoms with E-state index in [0.29, 0.717) is 4.20 Å². The zero-order chi connectivity index (χ0) is 11.7. The normalized spacial score (nSPS) is 22.3. The van der Waals surface area contributed by atoms with E-state index >= 15 is 0 Å². The van der Waals surface area contributed by atoms with Crippen LogP contribution in [-0.2, 0) is 4.79 Å². The Morgan fingerprint density at radius 3 is 2.40 bits per heavy atom. The van der Waals surface area contributed by atoms with Crippen LogP contribution in [0.2, 0.25) is 0 Å². The Balaban J connectivity index is 3.08. The number of thiocarbonyl (C=S) groups is 1. The highest BCUT2D eigenvalue weighted by molar-refractivity contribution is 8.22. The summed E-state index contributed by atoms with van der Waals surface area (Å²) >= 11 is 6.26. The quantitative estimate of drug-likeness (QED) is 0.694. The summed E-state index contributed by atoms with van der Waals surface area (Å²) < 4.78 is 0.413. The lowest BCUT2D eigenvalue weighted by Gasteiger charge is -2.34. The van der Waals surface area contributed by atoms with Crippen molar-refractivity contribution in [3.8, 4) is 0 Å². The number of carbonyl (C=O) groups excluding carboxylic acids is 2. The average molecular weight is 245 g/mol. The molecule has 0 aromatic heterocycles. The van der Waals surface area contributed by atoms with Crippen LogP contribution >= 0.6 is 24.0 Å². The van der Waals surface area contributed by atoms with Gasteiger partial charge in [-0.15, -0.1) is 11.8 Å². The molecule has 1 atom stereocenters. The molecule has 1 unspecified atom stereocenters. The Bertz CT molecular complexity index is 332. The molecular formula is C8H11N3O2S2. The van der Waals surface area contributed by atoms with Gasteiger partial charge in [0.2, 0.25) is 5.91 Å². The first-order valence-electron chi connectivity index (χ1n) is 4.13. The second-order valence-electron chi connectivity index (χ2n) is 3.08. The minimum atomic E-state index is -0.789. The van der Waals surface area contributed by atoms with Gasteiger partial charge in [-0.05, 0) is 6.26 Å². The number of rotatable bonds is 1. The van der Waals surface area contributed by atoms with Gasteiger partial charge in [0.25, 0.3) is 0 Å². The number of amides is 3. The minimum Gasteiger partial charge on any atom is -0.287 e. The van der Waals surface area contributed by atoms with Gasteiger partial charge in [-0.25, -0.2) is 4.79 Å². The average Bonchev–Trinajstić information content (AvgIpc) is 2.23. The van der Waals surface area contributed by atoms with Crippen molar-refractivity contribution in [1.29, 1.82) is 5.41 Å². The number of thioether (sulfide) groups is 1. The first kappa shape index (κ1) is 12.1. The van der Waals surface area contributed by atoms with E-state index in [0.717, 1.165) is 9.80 Å². The predicted octanol–water partition coefficient (Wildman–Crippen LogP) is 0.794. The molecule has 0 saturated carbocycles. The first-order chi connectivity index (χ1) is 6.91. The Hall–Kier alpha value is -0.950. The molecule has 3 amide bonds. The van der Waals surface area contributed by atoms with Crippen molar-refractivity contribution >= 4 is 46.0 Å². The summed E-state index contributed by atoms with van der Waals surface area (Å²) in [6, 6.07) is -0.495. The summed E-state index contributed by atoms with van der Waals surface area (Å²) in [5, 5.41) is 7.69. The molecule has 1 fully saturated rings. The Morgan fingerprint density at radius 1 is 1.40 bits per heavy atom. The van der Waals surface area contributed by atoms with Crippen LogP contribution in [0.5, 0.6) is 0 Å². The van der Waals surface area contributed by atoms with Crippen molar-refractivity contribution in [1.82, 2.24) is 9.80 Å². The number of nitrogens with one attached hydrogen (secondary N) is 1. The molecule has 0 aromatic carbocycles. The summed E-state index contributed by atoms with van der Waals surface area (Å²) in [5.41, 5.74) is 0. The second-order valence-corrected chi connectivity index (χ2v) is 4.63. The molecule has 1 aliphatic rings. The highest BCUT2D eigenvalue weighted by Crippen LogP contribution is 2.21. The van der Waals surface area contributed by atoms with Crippen LogP contribution in [0, 0.1) is 11.3 Å². The van der Waals surface area contributed by atoms with E-state index in [1.54, 1.807) is 6.26 Å². The van der Waals surface area contributed by atoms with Gasteiger partial charge >= 0.3 is 6.03 Å². The van der Waals surface area contributed by atoms with Crippen LogP contribution in [0.15, 0.2) is 0 Å². The molecule has 1 heterocycles. The number of urea groups is 1. The van der Waals surface area contributed by atoms with Crippen LogP contribution in [0.1, 0.15) is 0 Å². The van der Waals surface area contributed by atoms with Crippen molar-refractivity contribution in [2.75, 3.05) is 20.4 Å². The maximum absolute atomic E-state index is 11.7. The van der Waals surface area contributed by atoms with Gasteiger partial charge in [0, 0.05) is 14.1 Å². The zero-order valence-electron chi connectivity index (χ0n) is 8.60. The van der Waals surface area contributed by atoms with Crippen LogP contribution in [-0.4, -0.2) is 52.1 Å². The van der Waals surface area contributed by atoms with Crippen LogP contribution in [0.4, 0.5) is 4.79 Å². The second kappa shape index (κ2) is 4.28. The number of carbonyl (C=O) groups is 2. The van der Waals surface area contributed by atoms with E-state index in [2.05, 4.69) is 0 Å². The zero-order valence-corrected chi connectivity index (χ0v) is 10.2. The number of amidine groups is 1.